The van der Waals surface area contributed by atoms with Gasteiger partial charge in [-0.05, 0) is 20.8 Å². The summed E-state index contributed by atoms with van der Waals surface area (Å²) in [6.45, 7) is 6.81. The summed E-state index contributed by atoms with van der Waals surface area (Å²) in [5, 5.41) is 0. The molecule has 2 N–H and O–H groups in total. The van der Waals surface area contributed by atoms with Gasteiger partial charge in [-0.2, -0.15) is 0 Å². The number of rotatable bonds is 6. The maximum absolute atomic E-state index is 11.7. The Kier molecular flexibility index (Phi) is 6.75. The average Bonchev–Trinajstić information content (AvgIpc) is 2.14. The van der Waals surface area contributed by atoms with E-state index in [1.807, 2.05) is 0 Å². The zero-order chi connectivity index (χ0) is 13.5. The second-order valence-electron chi connectivity index (χ2n) is 4.48. The molecule has 0 saturated carbocycles. The van der Waals surface area contributed by atoms with Gasteiger partial charge in [-0.1, -0.05) is 0 Å². The Morgan fingerprint density at radius 2 is 1.88 bits per heavy atom. The van der Waals surface area contributed by atoms with Crippen molar-refractivity contribution in [1.82, 2.24) is 0 Å². The van der Waals surface area contributed by atoms with Gasteiger partial charge in [0.2, 0.25) is 0 Å². The summed E-state index contributed by atoms with van der Waals surface area (Å²) in [5.74, 6) is -1.04. The van der Waals surface area contributed by atoms with Crippen molar-refractivity contribution in [2.45, 2.75) is 39.4 Å². The van der Waals surface area contributed by atoms with Crippen LogP contribution in [0, 0.1) is 0 Å². The van der Waals surface area contributed by atoms with Gasteiger partial charge < -0.3 is 19.9 Å². The lowest BCUT2D eigenvalue weighted by Crippen LogP contribution is -2.37. The quantitative estimate of drug-likeness (QED) is 0.676. The Morgan fingerprint density at radius 1 is 1.29 bits per heavy atom. The van der Waals surface area contributed by atoms with Crippen molar-refractivity contribution in [2.75, 3.05) is 19.8 Å². The summed E-state index contributed by atoms with van der Waals surface area (Å²) >= 11 is 0. The van der Waals surface area contributed by atoms with Gasteiger partial charge in [0.1, 0.15) is 12.2 Å². The van der Waals surface area contributed by atoms with Gasteiger partial charge in [0, 0.05) is 13.5 Å². The zero-order valence-corrected chi connectivity index (χ0v) is 10.8. The fraction of sp³-hybridized carbons (Fsp3) is 0.818. The van der Waals surface area contributed by atoms with E-state index in [4.69, 9.17) is 19.9 Å². The third-order valence-electron chi connectivity index (χ3n) is 1.54. The van der Waals surface area contributed by atoms with Crippen molar-refractivity contribution in [2.24, 2.45) is 5.73 Å². The van der Waals surface area contributed by atoms with Gasteiger partial charge in [-0.15, -0.1) is 0 Å². The largest absolute Gasteiger partial charge is 0.462 e. The molecular weight excluding hydrogens is 226 g/mol. The Hall–Kier alpha value is -1.14. The zero-order valence-electron chi connectivity index (χ0n) is 10.8. The van der Waals surface area contributed by atoms with Gasteiger partial charge in [-0.3, -0.25) is 4.79 Å². The number of ether oxygens (including phenoxy) is 3. The Balaban J connectivity index is 4.33. The van der Waals surface area contributed by atoms with Crippen molar-refractivity contribution >= 4 is 11.9 Å². The highest BCUT2D eigenvalue weighted by molar-refractivity contribution is 5.76. The van der Waals surface area contributed by atoms with Gasteiger partial charge >= 0.3 is 11.9 Å². The van der Waals surface area contributed by atoms with Crippen LogP contribution in [0.15, 0.2) is 0 Å². The van der Waals surface area contributed by atoms with Crippen LogP contribution in [0.2, 0.25) is 0 Å². The molecule has 0 amide bonds. The van der Waals surface area contributed by atoms with Gasteiger partial charge in [0.15, 0.2) is 6.10 Å². The number of nitrogens with two attached hydrogens (primary N) is 1. The molecule has 0 aliphatic heterocycles. The van der Waals surface area contributed by atoms with Crippen LogP contribution in [0.4, 0.5) is 0 Å². The first-order valence-corrected chi connectivity index (χ1v) is 5.44. The maximum atomic E-state index is 11.7. The molecule has 0 aliphatic rings. The minimum atomic E-state index is -0.929. The van der Waals surface area contributed by atoms with Crippen molar-refractivity contribution in [3.05, 3.63) is 0 Å². The van der Waals surface area contributed by atoms with E-state index in [1.54, 1.807) is 20.8 Å². The lowest BCUT2D eigenvalue weighted by molar-refractivity contribution is -0.173. The number of hydrogen-bond acceptors (Lipinski definition) is 6. The number of carbonyl (C=O) groups excluding carboxylic acids is 2. The van der Waals surface area contributed by atoms with Crippen molar-refractivity contribution in [1.29, 1.82) is 0 Å². The molecular formula is C11H21NO5. The highest BCUT2D eigenvalue weighted by atomic mass is 16.6. The van der Waals surface area contributed by atoms with Crippen LogP contribution in [0.3, 0.4) is 0 Å². The molecule has 100 valence electrons. The standard InChI is InChI=1S/C11H21NO5/c1-8(13)16-7-9(15-6-5-12)10(14)17-11(2,3)4/h9H,5-7,12H2,1-4H3. The van der Waals surface area contributed by atoms with E-state index < -0.39 is 23.6 Å². The topological polar surface area (TPSA) is 87.9 Å². The van der Waals surface area contributed by atoms with Crippen molar-refractivity contribution in [3.8, 4) is 0 Å². The van der Waals surface area contributed by atoms with E-state index in [1.165, 1.54) is 6.92 Å². The molecule has 0 aliphatic carbocycles. The first kappa shape index (κ1) is 15.9. The van der Waals surface area contributed by atoms with Crippen LogP contribution < -0.4 is 5.73 Å². The monoisotopic (exact) mass is 247 g/mol. The predicted octanol–water partition coefficient (Wildman–Crippen LogP) is 0.235. The Labute approximate surface area is 101 Å². The van der Waals surface area contributed by atoms with Crippen LogP contribution >= 0.6 is 0 Å². The second-order valence-corrected chi connectivity index (χ2v) is 4.48. The molecule has 0 radical (unpaired) electrons. The van der Waals surface area contributed by atoms with Gasteiger partial charge in [0.25, 0.3) is 0 Å². The normalized spacial score (nSPS) is 13.0. The summed E-state index contributed by atoms with van der Waals surface area (Å²) in [7, 11) is 0. The predicted molar refractivity (Wildman–Crippen MR) is 61.3 cm³/mol. The maximum Gasteiger partial charge on any atom is 0.339 e. The van der Waals surface area contributed by atoms with Gasteiger partial charge in [-0.25, -0.2) is 4.79 Å². The molecule has 17 heavy (non-hydrogen) atoms. The third-order valence-corrected chi connectivity index (χ3v) is 1.54. The molecule has 0 heterocycles. The molecule has 0 bridgehead atoms. The van der Waals surface area contributed by atoms with Crippen LogP contribution in [-0.4, -0.2) is 43.4 Å². The molecule has 0 rings (SSSR count). The van der Waals surface area contributed by atoms with E-state index in [-0.39, 0.29) is 19.8 Å². The minimum Gasteiger partial charge on any atom is -0.462 e. The molecule has 0 saturated heterocycles. The first-order valence-electron chi connectivity index (χ1n) is 5.44. The van der Waals surface area contributed by atoms with E-state index >= 15 is 0 Å². The molecule has 6 nitrogen and oxygen atoms in total. The molecule has 0 aromatic heterocycles. The molecule has 6 heteroatoms. The summed E-state index contributed by atoms with van der Waals surface area (Å²) < 4.78 is 15.0. The summed E-state index contributed by atoms with van der Waals surface area (Å²) in [4.78, 5) is 22.4. The Bertz CT molecular complexity index is 259. The van der Waals surface area contributed by atoms with Crippen molar-refractivity contribution in [3.63, 3.8) is 0 Å². The van der Waals surface area contributed by atoms with E-state index in [2.05, 4.69) is 0 Å². The molecule has 0 aromatic rings. The Morgan fingerprint density at radius 3 is 2.29 bits per heavy atom. The molecule has 0 spiro atoms. The van der Waals surface area contributed by atoms with Crippen LogP contribution in [0.25, 0.3) is 0 Å². The molecule has 1 unspecified atom stereocenters. The summed E-state index contributed by atoms with van der Waals surface area (Å²) in [6.07, 6.45) is -0.929. The van der Waals surface area contributed by atoms with Crippen molar-refractivity contribution < 1.29 is 23.8 Å². The molecule has 0 fully saturated rings. The number of esters is 2. The molecule has 0 aromatic carbocycles. The highest BCUT2D eigenvalue weighted by Crippen LogP contribution is 2.10. The van der Waals surface area contributed by atoms with Crippen LogP contribution in [-0.2, 0) is 23.8 Å². The highest BCUT2D eigenvalue weighted by Gasteiger charge is 2.26. The third kappa shape index (κ3) is 8.65. The number of hydrogen-bond donors (Lipinski definition) is 1. The van der Waals surface area contributed by atoms with Crippen LogP contribution in [0.5, 0.6) is 0 Å². The fourth-order valence-electron chi connectivity index (χ4n) is 0.955. The van der Waals surface area contributed by atoms with Crippen LogP contribution in [0.1, 0.15) is 27.7 Å². The summed E-state index contributed by atoms with van der Waals surface area (Å²) in [5.41, 5.74) is 4.66. The number of carbonyl (C=O) groups is 2. The van der Waals surface area contributed by atoms with E-state index in [9.17, 15) is 9.59 Å². The van der Waals surface area contributed by atoms with E-state index in [0.717, 1.165) is 0 Å². The fourth-order valence-corrected chi connectivity index (χ4v) is 0.955. The smallest absolute Gasteiger partial charge is 0.339 e. The van der Waals surface area contributed by atoms with Gasteiger partial charge in [0.05, 0.1) is 6.61 Å². The second kappa shape index (κ2) is 7.24. The first-order chi connectivity index (χ1) is 7.76. The van der Waals surface area contributed by atoms with E-state index in [0.29, 0.717) is 0 Å². The SMILES string of the molecule is CC(=O)OCC(OCCN)C(=O)OC(C)(C)C. The molecule has 1 atom stereocenters. The average molecular weight is 247 g/mol. The summed E-state index contributed by atoms with van der Waals surface area (Å²) in [6, 6.07) is 0. The minimum absolute atomic E-state index is 0.162. The lowest BCUT2D eigenvalue weighted by Gasteiger charge is -2.23. The lowest BCUT2D eigenvalue weighted by atomic mass is 10.2.